The maximum Gasteiger partial charge on any atom is 0.0618 e. The molecule has 0 aromatic heterocycles. The largest absolute Gasteiger partial charge is 0.308 e. The van der Waals surface area contributed by atoms with Crippen molar-refractivity contribution in [1.82, 2.24) is 0 Å². The average molecular weight is 921 g/mol. The Kier molecular flexibility index (Phi) is 11.8. The molecule has 2 heteroatoms. The molecule has 0 heterocycles. The standard InChI is InChI=1S/C70H52N2/c1-49-47-57(43-45-65(49)71(67-41-19-33-51-31-15-17-35-59(51)67)69-61(53-23-7-3-8-24-53)37-21-38-62(69)54-25-9-4-10-26-54)58-44-46-66(50(2)48-58)72(68-42-20-34-52-32-16-18-36-60(52)68)70-63(55-27-11-5-12-28-55)39-22-40-64(70)56-29-13-6-14-30-56/h3-48H,1-2H3. The zero-order chi connectivity index (χ0) is 48.4. The van der Waals surface area contributed by atoms with Crippen LogP contribution in [0, 0.1) is 13.8 Å². The third-order valence-electron chi connectivity index (χ3n) is 14.1. The molecule has 72 heavy (non-hydrogen) atoms. The van der Waals surface area contributed by atoms with Gasteiger partial charge in [0.1, 0.15) is 0 Å². The molecule has 0 aliphatic rings. The van der Waals surface area contributed by atoms with Crippen molar-refractivity contribution in [2.45, 2.75) is 13.8 Å². The Hall–Kier alpha value is -9.24. The summed E-state index contributed by atoms with van der Waals surface area (Å²) in [6.45, 7) is 4.53. The van der Waals surface area contributed by atoms with Gasteiger partial charge in [0, 0.05) is 44.4 Å². The molecule has 0 atom stereocenters. The van der Waals surface area contributed by atoms with E-state index in [9.17, 15) is 0 Å². The Morgan fingerprint density at radius 2 is 0.514 bits per heavy atom. The summed E-state index contributed by atoms with van der Waals surface area (Å²) in [5, 5.41) is 4.78. The van der Waals surface area contributed by atoms with Crippen LogP contribution in [0.15, 0.2) is 279 Å². The number of hydrogen-bond donors (Lipinski definition) is 0. The van der Waals surface area contributed by atoms with Crippen LogP contribution in [0.5, 0.6) is 0 Å². The minimum atomic E-state index is 1.12. The molecule has 0 N–H and O–H groups in total. The van der Waals surface area contributed by atoms with E-state index in [-0.39, 0.29) is 0 Å². The van der Waals surface area contributed by atoms with E-state index in [0.717, 1.165) is 45.3 Å². The van der Waals surface area contributed by atoms with E-state index in [0.29, 0.717) is 0 Å². The van der Waals surface area contributed by atoms with E-state index in [1.165, 1.54) is 77.2 Å². The maximum absolute atomic E-state index is 2.51. The number of aryl methyl sites for hydroxylation is 2. The Morgan fingerprint density at radius 3 is 0.847 bits per heavy atom. The number of para-hydroxylation sites is 2. The Labute approximate surface area is 423 Å². The first kappa shape index (κ1) is 44.0. The van der Waals surface area contributed by atoms with E-state index in [2.05, 4.69) is 303 Å². The van der Waals surface area contributed by atoms with Gasteiger partial charge < -0.3 is 9.80 Å². The number of rotatable bonds is 11. The van der Waals surface area contributed by atoms with Gasteiger partial charge in [-0.05, 0) is 106 Å². The fourth-order valence-electron chi connectivity index (χ4n) is 10.7. The Bertz CT molecular complexity index is 3500. The van der Waals surface area contributed by atoms with Gasteiger partial charge in [0.15, 0.2) is 0 Å². The van der Waals surface area contributed by atoms with Crippen LogP contribution in [0.3, 0.4) is 0 Å². The molecule has 0 saturated heterocycles. The highest BCUT2D eigenvalue weighted by atomic mass is 15.2. The summed E-state index contributed by atoms with van der Waals surface area (Å²) >= 11 is 0. The van der Waals surface area contributed by atoms with Crippen molar-refractivity contribution < 1.29 is 0 Å². The molecule has 0 aliphatic carbocycles. The summed E-state index contributed by atoms with van der Waals surface area (Å²) in [5.41, 5.74) is 20.8. The van der Waals surface area contributed by atoms with Crippen LogP contribution in [-0.2, 0) is 0 Å². The molecule has 0 amide bonds. The fourth-order valence-corrected chi connectivity index (χ4v) is 10.7. The van der Waals surface area contributed by atoms with Crippen molar-refractivity contribution >= 4 is 55.7 Å². The number of fused-ring (bicyclic) bond motifs is 2. The second-order valence-electron chi connectivity index (χ2n) is 18.5. The van der Waals surface area contributed by atoms with Crippen LogP contribution in [0.25, 0.3) is 77.2 Å². The molecule has 0 spiro atoms. The van der Waals surface area contributed by atoms with Gasteiger partial charge in [-0.3, -0.25) is 0 Å². The summed E-state index contributed by atoms with van der Waals surface area (Å²) in [7, 11) is 0. The number of anilines is 6. The zero-order valence-electron chi connectivity index (χ0n) is 40.5. The molecule has 0 saturated carbocycles. The minimum absolute atomic E-state index is 1.12. The predicted octanol–water partition coefficient (Wildman–Crippen LogP) is 19.9. The van der Waals surface area contributed by atoms with E-state index < -0.39 is 0 Å². The monoisotopic (exact) mass is 920 g/mol. The van der Waals surface area contributed by atoms with Crippen molar-refractivity contribution in [3.63, 3.8) is 0 Å². The average Bonchev–Trinajstić information content (AvgIpc) is 3.45. The summed E-state index contributed by atoms with van der Waals surface area (Å²) in [5.74, 6) is 0. The van der Waals surface area contributed by atoms with Crippen LogP contribution >= 0.6 is 0 Å². The van der Waals surface area contributed by atoms with Crippen molar-refractivity contribution in [3.8, 4) is 55.6 Å². The highest BCUT2D eigenvalue weighted by Crippen LogP contribution is 2.51. The quantitative estimate of drug-likeness (QED) is 0.128. The second-order valence-corrected chi connectivity index (χ2v) is 18.5. The zero-order valence-corrected chi connectivity index (χ0v) is 40.5. The molecule has 0 bridgehead atoms. The maximum atomic E-state index is 2.51. The van der Waals surface area contributed by atoms with Gasteiger partial charge in [-0.25, -0.2) is 0 Å². The molecule has 12 aromatic carbocycles. The molecule has 0 unspecified atom stereocenters. The summed E-state index contributed by atoms with van der Waals surface area (Å²) in [4.78, 5) is 5.02. The van der Waals surface area contributed by atoms with Crippen molar-refractivity contribution in [2.75, 3.05) is 9.80 Å². The van der Waals surface area contributed by atoms with Crippen molar-refractivity contribution in [2.24, 2.45) is 0 Å². The molecule has 0 radical (unpaired) electrons. The van der Waals surface area contributed by atoms with Gasteiger partial charge in [0.2, 0.25) is 0 Å². The van der Waals surface area contributed by atoms with Crippen LogP contribution in [0.1, 0.15) is 11.1 Å². The predicted molar refractivity (Wildman–Crippen MR) is 307 cm³/mol. The van der Waals surface area contributed by atoms with Crippen LogP contribution < -0.4 is 9.80 Å². The third-order valence-corrected chi connectivity index (χ3v) is 14.1. The lowest BCUT2D eigenvalue weighted by Gasteiger charge is -2.33. The van der Waals surface area contributed by atoms with Gasteiger partial charge in [-0.1, -0.05) is 243 Å². The van der Waals surface area contributed by atoms with Gasteiger partial charge in [-0.2, -0.15) is 0 Å². The van der Waals surface area contributed by atoms with Crippen molar-refractivity contribution in [1.29, 1.82) is 0 Å². The molecule has 0 aliphatic heterocycles. The molecule has 12 rings (SSSR count). The van der Waals surface area contributed by atoms with E-state index in [1.54, 1.807) is 0 Å². The number of nitrogens with zero attached hydrogens (tertiary/aromatic N) is 2. The van der Waals surface area contributed by atoms with Crippen LogP contribution in [0.4, 0.5) is 34.1 Å². The highest BCUT2D eigenvalue weighted by molar-refractivity contribution is 6.07. The molecule has 342 valence electrons. The summed E-state index contributed by atoms with van der Waals surface area (Å²) in [6, 6.07) is 102. The topological polar surface area (TPSA) is 6.48 Å². The van der Waals surface area contributed by atoms with Crippen LogP contribution in [0.2, 0.25) is 0 Å². The third kappa shape index (κ3) is 8.19. The highest BCUT2D eigenvalue weighted by Gasteiger charge is 2.27. The number of hydrogen-bond acceptors (Lipinski definition) is 2. The lowest BCUT2D eigenvalue weighted by molar-refractivity contribution is 1.25. The Balaban J connectivity index is 1.04. The molecule has 0 fully saturated rings. The van der Waals surface area contributed by atoms with E-state index in [4.69, 9.17) is 0 Å². The van der Waals surface area contributed by atoms with Gasteiger partial charge >= 0.3 is 0 Å². The normalized spacial score (nSPS) is 11.2. The first-order chi connectivity index (χ1) is 35.6. The smallest absolute Gasteiger partial charge is 0.0618 e. The first-order valence-electron chi connectivity index (χ1n) is 24.8. The fraction of sp³-hybridized carbons (Fsp3) is 0.0286. The van der Waals surface area contributed by atoms with Gasteiger partial charge in [0.25, 0.3) is 0 Å². The van der Waals surface area contributed by atoms with E-state index in [1.807, 2.05) is 0 Å². The first-order valence-corrected chi connectivity index (χ1v) is 24.8. The second kappa shape index (κ2) is 19.3. The SMILES string of the molecule is Cc1cc(-c2ccc(N(c3c(-c4ccccc4)cccc3-c3ccccc3)c3cccc4ccccc34)c(C)c2)ccc1N(c1c(-c2ccccc2)cccc1-c1ccccc1)c1cccc2ccccc12. The van der Waals surface area contributed by atoms with Crippen LogP contribution in [-0.4, -0.2) is 0 Å². The number of benzene rings is 12. The van der Waals surface area contributed by atoms with Gasteiger partial charge in [0.05, 0.1) is 22.7 Å². The van der Waals surface area contributed by atoms with Gasteiger partial charge in [-0.15, -0.1) is 0 Å². The molecular formula is C70H52N2. The van der Waals surface area contributed by atoms with E-state index >= 15 is 0 Å². The summed E-state index contributed by atoms with van der Waals surface area (Å²) in [6.07, 6.45) is 0. The minimum Gasteiger partial charge on any atom is -0.308 e. The summed E-state index contributed by atoms with van der Waals surface area (Å²) < 4.78 is 0. The molecular weight excluding hydrogens is 869 g/mol. The lowest BCUT2D eigenvalue weighted by atomic mass is 9.92. The molecule has 12 aromatic rings. The Morgan fingerprint density at radius 1 is 0.222 bits per heavy atom. The lowest BCUT2D eigenvalue weighted by Crippen LogP contribution is -2.15. The molecule has 2 nitrogen and oxygen atoms in total. The van der Waals surface area contributed by atoms with Crippen molar-refractivity contribution in [3.05, 3.63) is 290 Å².